The van der Waals surface area contributed by atoms with Crippen LogP contribution in [0.4, 0.5) is 0 Å². The summed E-state index contributed by atoms with van der Waals surface area (Å²) in [6, 6.07) is 9.08. The van der Waals surface area contributed by atoms with E-state index in [0.29, 0.717) is 11.1 Å². The van der Waals surface area contributed by atoms with Crippen LogP contribution in [-0.2, 0) is 15.8 Å². The summed E-state index contributed by atoms with van der Waals surface area (Å²) in [5, 5.41) is 9.08. The van der Waals surface area contributed by atoms with E-state index in [2.05, 4.69) is 6.07 Å². The van der Waals surface area contributed by atoms with Crippen LogP contribution in [0.1, 0.15) is 49.7 Å². The maximum Gasteiger partial charge on any atom is 0.218 e. The molecule has 1 aliphatic carbocycles. The number of nitrogens with zero attached hydrogens (tertiary/aromatic N) is 2. The molecule has 2 rings (SSSR count). The Bertz CT molecular complexity index is 611. The van der Waals surface area contributed by atoms with Crippen LogP contribution in [0.3, 0.4) is 0 Å². The lowest BCUT2D eigenvalue weighted by atomic mass is 10.1. The molecule has 0 spiro atoms. The number of hydrogen-bond donors (Lipinski definition) is 0. The van der Waals surface area contributed by atoms with Crippen molar-refractivity contribution in [2.75, 3.05) is 7.05 Å². The van der Waals surface area contributed by atoms with Crippen molar-refractivity contribution in [3.63, 3.8) is 0 Å². The van der Waals surface area contributed by atoms with Gasteiger partial charge < -0.3 is 0 Å². The molecule has 5 heteroatoms. The quantitative estimate of drug-likeness (QED) is 0.803. The van der Waals surface area contributed by atoms with Crippen LogP contribution in [0.15, 0.2) is 24.3 Å². The molecule has 21 heavy (non-hydrogen) atoms. The summed E-state index contributed by atoms with van der Waals surface area (Å²) < 4.78 is 26.7. The Morgan fingerprint density at radius 2 is 1.81 bits per heavy atom. The van der Waals surface area contributed by atoms with Crippen LogP contribution in [0.2, 0.25) is 0 Å². The van der Waals surface area contributed by atoms with E-state index in [-0.39, 0.29) is 11.8 Å². The van der Waals surface area contributed by atoms with Crippen molar-refractivity contribution in [3.05, 3.63) is 35.4 Å². The molecule has 0 N–H and O–H groups in total. The van der Waals surface area contributed by atoms with Crippen molar-refractivity contribution >= 4 is 10.0 Å². The summed E-state index contributed by atoms with van der Waals surface area (Å²) in [6.07, 6.45) is 6.47. The molecule has 1 aromatic rings. The van der Waals surface area contributed by atoms with E-state index in [0.717, 1.165) is 25.7 Å². The van der Waals surface area contributed by atoms with E-state index in [4.69, 9.17) is 5.26 Å². The van der Waals surface area contributed by atoms with Crippen molar-refractivity contribution in [1.29, 1.82) is 5.26 Å². The third-order valence-corrected chi connectivity index (χ3v) is 6.10. The predicted molar refractivity (Wildman–Crippen MR) is 83.0 cm³/mol. The molecule has 0 heterocycles. The third kappa shape index (κ3) is 4.05. The molecule has 0 saturated heterocycles. The monoisotopic (exact) mass is 306 g/mol. The van der Waals surface area contributed by atoms with Crippen molar-refractivity contribution < 1.29 is 8.42 Å². The standard InChI is InChI=1S/C16H22N2O2S/c1-18(16-10-4-2-3-5-11-16)21(19,20)13-15-9-7-6-8-14(15)12-17/h6-9,16H,2-5,10-11,13H2,1H3. The molecular weight excluding hydrogens is 284 g/mol. The SMILES string of the molecule is CN(C1CCCCCC1)S(=O)(=O)Cc1ccccc1C#N. The summed E-state index contributed by atoms with van der Waals surface area (Å²) in [4.78, 5) is 0. The molecular formula is C16H22N2O2S. The van der Waals surface area contributed by atoms with Crippen LogP contribution in [0.25, 0.3) is 0 Å². The first-order valence-corrected chi connectivity index (χ1v) is 9.09. The number of nitriles is 1. The number of benzene rings is 1. The zero-order valence-corrected chi connectivity index (χ0v) is 13.3. The van der Waals surface area contributed by atoms with Gasteiger partial charge in [0.1, 0.15) is 0 Å². The normalized spacial score (nSPS) is 17.4. The summed E-state index contributed by atoms with van der Waals surface area (Å²) in [6.45, 7) is 0. The molecule has 0 amide bonds. The molecule has 1 saturated carbocycles. The predicted octanol–water partition coefficient (Wildman–Crippen LogP) is 3.04. The van der Waals surface area contributed by atoms with Gasteiger partial charge in [0.05, 0.1) is 17.4 Å². The molecule has 0 bridgehead atoms. The van der Waals surface area contributed by atoms with Gasteiger partial charge in [-0.05, 0) is 24.5 Å². The largest absolute Gasteiger partial charge is 0.218 e. The van der Waals surface area contributed by atoms with Gasteiger partial charge in [0.15, 0.2) is 0 Å². The molecule has 0 atom stereocenters. The molecule has 1 fully saturated rings. The Labute approximate surface area is 127 Å². The first-order valence-electron chi connectivity index (χ1n) is 7.48. The first-order chi connectivity index (χ1) is 10.0. The highest BCUT2D eigenvalue weighted by Gasteiger charge is 2.27. The van der Waals surface area contributed by atoms with Crippen molar-refractivity contribution in [2.45, 2.75) is 50.3 Å². The van der Waals surface area contributed by atoms with E-state index in [1.807, 2.05) is 0 Å². The average Bonchev–Trinajstić information content (AvgIpc) is 2.75. The maximum atomic E-state index is 12.6. The highest BCUT2D eigenvalue weighted by Crippen LogP contribution is 2.24. The Hall–Kier alpha value is -1.38. The van der Waals surface area contributed by atoms with E-state index in [1.165, 1.54) is 17.1 Å². The van der Waals surface area contributed by atoms with Gasteiger partial charge in [-0.2, -0.15) is 5.26 Å². The fourth-order valence-electron chi connectivity index (χ4n) is 2.90. The smallest absolute Gasteiger partial charge is 0.212 e. The summed E-state index contributed by atoms with van der Waals surface area (Å²) >= 11 is 0. The molecule has 0 aromatic heterocycles. The fourth-order valence-corrected chi connectivity index (χ4v) is 4.42. The summed E-state index contributed by atoms with van der Waals surface area (Å²) in [5.41, 5.74) is 1.02. The summed E-state index contributed by atoms with van der Waals surface area (Å²) in [7, 11) is -1.70. The second-order valence-corrected chi connectivity index (χ2v) is 7.72. The van der Waals surface area contributed by atoms with Gasteiger partial charge in [-0.25, -0.2) is 12.7 Å². The van der Waals surface area contributed by atoms with Gasteiger partial charge in [-0.15, -0.1) is 0 Å². The minimum absolute atomic E-state index is 0.0935. The lowest BCUT2D eigenvalue weighted by molar-refractivity contribution is 0.335. The van der Waals surface area contributed by atoms with Crippen molar-refractivity contribution in [2.24, 2.45) is 0 Å². The summed E-state index contributed by atoms with van der Waals surface area (Å²) in [5.74, 6) is -0.0935. The second kappa shape index (κ2) is 7.06. The molecule has 0 radical (unpaired) electrons. The highest BCUT2D eigenvalue weighted by molar-refractivity contribution is 7.88. The number of sulfonamides is 1. The Kier molecular flexibility index (Phi) is 5.38. The van der Waals surface area contributed by atoms with E-state index < -0.39 is 10.0 Å². The minimum atomic E-state index is -3.38. The van der Waals surface area contributed by atoms with Crippen molar-refractivity contribution in [1.82, 2.24) is 4.31 Å². The van der Waals surface area contributed by atoms with Gasteiger partial charge >= 0.3 is 0 Å². The molecule has 1 aromatic carbocycles. The lowest BCUT2D eigenvalue weighted by Crippen LogP contribution is -2.37. The lowest BCUT2D eigenvalue weighted by Gasteiger charge is -2.26. The maximum absolute atomic E-state index is 12.6. The van der Waals surface area contributed by atoms with Gasteiger partial charge in [0.2, 0.25) is 10.0 Å². The van der Waals surface area contributed by atoms with Gasteiger partial charge in [0, 0.05) is 13.1 Å². The Morgan fingerprint density at radius 1 is 1.19 bits per heavy atom. The van der Waals surface area contributed by atoms with Gasteiger partial charge in [0.25, 0.3) is 0 Å². The molecule has 0 unspecified atom stereocenters. The van der Waals surface area contributed by atoms with Gasteiger partial charge in [-0.1, -0.05) is 43.9 Å². The Morgan fingerprint density at radius 3 is 2.43 bits per heavy atom. The second-order valence-electron chi connectivity index (χ2n) is 5.69. The van der Waals surface area contributed by atoms with Gasteiger partial charge in [-0.3, -0.25) is 0 Å². The zero-order valence-electron chi connectivity index (χ0n) is 12.5. The minimum Gasteiger partial charge on any atom is -0.212 e. The molecule has 114 valence electrons. The first kappa shape index (κ1) is 16.0. The molecule has 0 aliphatic heterocycles. The average molecular weight is 306 g/mol. The van der Waals surface area contributed by atoms with E-state index >= 15 is 0 Å². The van der Waals surface area contributed by atoms with E-state index in [9.17, 15) is 8.42 Å². The fraction of sp³-hybridized carbons (Fsp3) is 0.562. The van der Waals surface area contributed by atoms with Crippen molar-refractivity contribution in [3.8, 4) is 6.07 Å². The zero-order chi connectivity index (χ0) is 15.3. The molecule has 1 aliphatic rings. The van der Waals surface area contributed by atoms with Crippen LogP contribution in [0.5, 0.6) is 0 Å². The van der Waals surface area contributed by atoms with Crippen LogP contribution < -0.4 is 0 Å². The number of hydrogen-bond acceptors (Lipinski definition) is 3. The Balaban J connectivity index is 2.15. The van der Waals surface area contributed by atoms with E-state index in [1.54, 1.807) is 31.3 Å². The topological polar surface area (TPSA) is 61.2 Å². The van der Waals surface area contributed by atoms with Crippen LogP contribution >= 0.6 is 0 Å². The third-order valence-electron chi connectivity index (χ3n) is 4.25. The number of rotatable bonds is 4. The highest BCUT2D eigenvalue weighted by atomic mass is 32.2. The van der Waals surface area contributed by atoms with Crippen LogP contribution in [-0.4, -0.2) is 25.8 Å². The van der Waals surface area contributed by atoms with Crippen LogP contribution in [0, 0.1) is 11.3 Å². The molecule has 4 nitrogen and oxygen atoms in total.